The number of unbranched alkanes of at least 4 members (excludes halogenated alkanes) is 1. The van der Waals surface area contributed by atoms with E-state index in [2.05, 4.69) is 19.3 Å². The lowest BCUT2D eigenvalue weighted by atomic mass is 9.44. The first-order chi connectivity index (χ1) is 15.2. The lowest BCUT2D eigenvalue weighted by Crippen LogP contribution is -2.54. The van der Waals surface area contributed by atoms with Crippen molar-refractivity contribution >= 4 is 0 Å². The van der Waals surface area contributed by atoms with E-state index < -0.39 is 5.60 Å². The monoisotopic (exact) mass is 449 g/mol. The minimum atomic E-state index is -0.495. The van der Waals surface area contributed by atoms with Crippen molar-refractivity contribution < 1.29 is 9.94 Å². The Balaban J connectivity index is 0.00000141. The van der Waals surface area contributed by atoms with Gasteiger partial charge in [0.1, 0.15) is 0 Å². The third-order valence-electron chi connectivity index (χ3n) is 10.7. The second-order valence-electron chi connectivity index (χ2n) is 12.8. The average Bonchev–Trinajstić information content (AvgIpc) is 3.09. The molecule has 0 saturated heterocycles. The molecule has 8 atom stereocenters. The largest absolute Gasteiger partial charge is 0.390 e. The quantitative estimate of drug-likeness (QED) is 0.312. The Hall–Kier alpha value is -0.120. The highest BCUT2D eigenvalue weighted by Gasteiger charge is 2.59. The lowest BCUT2D eigenvalue weighted by Gasteiger charge is -2.61. The topological polar surface area (TPSA) is 41.5 Å². The molecular formula is C29H55NO2. The molecule has 3 heteroatoms. The molecule has 4 fully saturated rings. The standard InChI is InChI=1S/C27H49NO2.C2H6/c1-25(2,29)15-7-6-8-19-10-12-23-22-11-9-20-18-21(30-28-5)13-16-27(20,4)24(22)14-17-26(19,23)3;1-2/h19-24,28-29H,6-18H2,1-5H3;1-2H3. The highest BCUT2D eigenvalue weighted by atomic mass is 16.7. The number of hydroxylamine groups is 1. The molecule has 188 valence electrons. The molecule has 0 radical (unpaired) electrons. The molecule has 4 saturated carbocycles. The average molecular weight is 450 g/mol. The number of nitrogens with one attached hydrogen (secondary N) is 1. The zero-order chi connectivity index (χ0) is 23.6. The van der Waals surface area contributed by atoms with E-state index in [9.17, 15) is 5.11 Å². The third-order valence-corrected chi connectivity index (χ3v) is 10.7. The fourth-order valence-electron chi connectivity index (χ4n) is 9.02. The molecule has 0 heterocycles. The van der Waals surface area contributed by atoms with Crippen molar-refractivity contribution in [2.24, 2.45) is 40.4 Å². The van der Waals surface area contributed by atoms with Crippen LogP contribution in [-0.2, 0) is 4.84 Å². The van der Waals surface area contributed by atoms with E-state index in [1.165, 1.54) is 77.0 Å². The predicted octanol–water partition coefficient (Wildman–Crippen LogP) is 7.52. The Morgan fingerprint density at radius 2 is 1.59 bits per heavy atom. The van der Waals surface area contributed by atoms with Crippen molar-refractivity contribution in [3.8, 4) is 0 Å². The van der Waals surface area contributed by atoms with E-state index in [0.717, 1.165) is 36.0 Å². The highest BCUT2D eigenvalue weighted by Crippen LogP contribution is 2.68. The second-order valence-corrected chi connectivity index (χ2v) is 12.8. The van der Waals surface area contributed by atoms with Crippen LogP contribution in [-0.4, -0.2) is 23.9 Å². The molecule has 0 bridgehead atoms. The summed E-state index contributed by atoms with van der Waals surface area (Å²) >= 11 is 0. The van der Waals surface area contributed by atoms with Crippen molar-refractivity contribution in [3.63, 3.8) is 0 Å². The highest BCUT2D eigenvalue weighted by molar-refractivity contribution is 5.09. The molecular weight excluding hydrogens is 394 g/mol. The number of fused-ring (bicyclic) bond motifs is 5. The summed E-state index contributed by atoms with van der Waals surface area (Å²) in [6.45, 7) is 13.2. The molecule has 0 amide bonds. The molecule has 3 nitrogen and oxygen atoms in total. The van der Waals surface area contributed by atoms with Gasteiger partial charge in [0.15, 0.2) is 0 Å². The Kier molecular flexibility index (Phi) is 8.81. The maximum Gasteiger partial charge on any atom is 0.0793 e. The molecule has 32 heavy (non-hydrogen) atoms. The minimum absolute atomic E-state index is 0.429. The molecule has 0 aliphatic heterocycles. The molecule has 8 unspecified atom stereocenters. The summed E-state index contributed by atoms with van der Waals surface area (Å²) in [6, 6.07) is 0. The van der Waals surface area contributed by atoms with Crippen LogP contribution >= 0.6 is 0 Å². The Bertz CT molecular complexity index is 586. The van der Waals surface area contributed by atoms with Crippen LogP contribution in [0.3, 0.4) is 0 Å². The van der Waals surface area contributed by atoms with Crippen LogP contribution in [0.5, 0.6) is 0 Å². The summed E-state index contributed by atoms with van der Waals surface area (Å²) in [6.07, 6.45) is 17.9. The van der Waals surface area contributed by atoms with Crippen LogP contribution in [0.25, 0.3) is 0 Å². The number of aliphatic hydroxyl groups is 1. The Labute approximate surface area is 199 Å². The fraction of sp³-hybridized carbons (Fsp3) is 1.00. The van der Waals surface area contributed by atoms with E-state index >= 15 is 0 Å². The van der Waals surface area contributed by atoms with Crippen molar-refractivity contribution in [1.29, 1.82) is 0 Å². The zero-order valence-electron chi connectivity index (χ0n) is 22.5. The van der Waals surface area contributed by atoms with E-state index in [1.807, 2.05) is 34.7 Å². The van der Waals surface area contributed by atoms with Gasteiger partial charge in [0.25, 0.3) is 0 Å². The summed E-state index contributed by atoms with van der Waals surface area (Å²) in [5, 5.41) is 10.0. The van der Waals surface area contributed by atoms with Gasteiger partial charge >= 0.3 is 0 Å². The predicted molar refractivity (Wildman–Crippen MR) is 135 cm³/mol. The van der Waals surface area contributed by atoms with Crippen molar-refractivity contribution in [2.75, 3.05) is 7.05 Å². The summed E-state index contributed by atoms with van der Waals surface area (Å²) in [7, 11) is 1.91. The molecule has 4 aliphatic rings. The van der Waals surface area contributed by atoms with E-state index in [4.69, 9.17) is 4.84 Å². The van der Waals surface area contributed by atoms with Gasteiger partial charge in [-0.15, -0.1) is 0 Å². The number of rotatable bonds is 7. The molecule has 0 aromatic rings. The summed E-state index contributed by atoms with van der Waals surface area (Å²) < 4.78 is 0. The van der Waals surface area contributed by atoms with E-state index in [-0.39, 0.29) is 0 Å². The first-order valence-electron chi connectivity index (χ1n) is 14.2. The SMILES string of the molecule is CC.CNOC1CCC2(C)C(CCC3C4CCC(CCCCC(C)(C)O)C4(C)CCC32)C1. The number of hydrogen-bond acceptors (Lipinski definition) is 3. The van der Waals surface area contributed by atoms with Gasteiger partial charge in [-0.1, -0.05) is 40.5 Å². The normalized spacial score (nSPS) is 43.5. The molecule has 0 spiro atoms. The van der Waals surface area contributed by atoms with Gasteiger partial charge in [-0.3, -0.25) is 4.84 Å². The molecule has 2 N–H and O–H groups in total. The lowest BCUT2D eigenvalue weighted by molar-refractivity contribution is -0.144. The molecule has 0 aromatic heterocycles. The van der Waals surface area contributed by atoms with Crippen molar-refractivity contribution in [1.82, 2.24) is 5.48 Å². The minimum Gasteiger partial charge on any atom is -0.390 e. The van der Waals surface area contributed by atoms with Crippen LogP contribution in [0.1, 0.15) is 125 Å². The van der Waals surface area contributed by atoms with Gasteiger partial charge in [-0.25, -0.2) is 5.48 Å². The van der Waals surface area contributed by atoms with Crippen molar-refractivity contribution in [2.45, 2.75) is 137 Å². The van der Waals surface area contributed by atoms with Gasteiger partial charge in [0.2, 0.25) is 0 Å². The van der Waals surface area contributed by atoms with Crippen molar-refractivity contribution in [3.05, 3.63) is 0 Å². The van der Waals surface area contributed by atoms with Gasteiger partial charge in [-0.2, -0.15) is 0 Å². The molecule has 0 aromatic carbocycles. The summed E-state index contributed by atoms with van der Waals surface area (Å²) in [5.74, 6) is 4.70. The Morgan fingerprint density at radius 1 is 0.906 bits per heavy atom. The first kappa shape index (κ1) is 26.5. The van der Waals surface area contributed by atoms with Crippen LogP contribution < -0.4 is 5.48 Å². The van der Waals surface area contributed by atoms with Gasteiger partial charge < -0.3 is 5.11 Å². The maximum absolute atomic E-state index is 10.0. The molecule has 4 rings (SSSR count). The van der Waals surface area contributed by atoms with Gasteiger partial charge in [0.05, 0.1) is 11.7 Å². The van der Waals surface area contributed by atoms with Crippen LogP contribution in [0.2, 0.25) is 0 Å². The Morgan fingerprint density at radius 3 is 2.28 bits per heavy atom. The number of hydrogen-bond donors (Lipinski definition) is 2. The van der Waals surface area contributed by atoms with Crippen LogP contribution in [0, 0.1) is 40.4 Å². The van der Waals surface area contributed by atoms with Gasteiger partial charge in [-0.05, 0) is 125 Å². The van der Waals surface area contributed by atoms with Crippen LogP contribution in [0.4, 0.5) is 0 Å². The zero-order valence-corrected chi connectivity index (χ0v) is 22.5. The third kappa shape index (κ3) is 5.25. The summed E-state index contributed by atoms with van der Waals surface area (Å²) in [4.78, 5) is 5.81. The summed E-state index contributed by atoms with van der Waals surface area (Å²) in [5.41, 5.74) is 3.61. The smallest absolute Gasteiger partial charge is 0.0793 e. The first-order valence-corrected chi connectivity index (χ1v) is 14.2. The van der Waals surface area contributed by atoms with Gasteiger partial charge in [0, 0.05) is 7.05 Å². The fourth-order valence-corrected chi connectivity index (χ4v) is 9.02. The van der Waals surface area contributed by atoms with E-state index in [0.29, 0.717) is 16.9 Å². The molecule has 4 aliphatic carbocycles. The van der Waals surface area contributed by atoms with Crippen LogP contribution in [0.15, 0.2) is 0 Å². The second kappa shape index (κ2) is 10.6. The van der Waals surface area contributed by atoms with E-state index in [1.54, 1.807) is 0 Å². The maximum atomic E-state index is 10.0.